The lowest BCUT2D eigenvalue weighted by Gasteiger charge is -2.27. The van der Waals surface area contributed by atoms with Gasteiger partial charge in [-0.05, 0) is 47.3 Å². The molecule has 2 aromatic carbocycles. The van der Waals surface area contributed by atoms with Gasteiger partial charge in [0.2, 0.25) is 0 Å². The molecule has 0 amide bonds. The minimum Gasteiger partial charge on any atom is -0.353 e. The lowest BCUT2D eigenvalue weighted by molar-refractivity contribution is 0.587. The lowest BCUT2D eigenvalue weighted by Crippen LogP contribution is -2.43. The van der Waals surface area contributed by atoms with Crippen molar-refractivity contribution in [1.29, 1.82) is 0 Å². The van der Waals surface area contributed by atoms with Gasteiger partial charge >= 0.3 is 0 Å². The van der Waals surface area contributed by atoms with Crippen LogP contribution in [-0.4, -0.2) is 61.1 Å². The number of hydrogen-bond donors (Lipinski definition) is 2. The van der Waals surface area contributed by atoms with Crippen molar-refractivity contribution >= 4 is 67.3 Å². The summed E-state index contributed by atoms with van der Waals surface area (Å²) in [4.78, 5) is 4.74. The number of halogens is 1. The molecule has 2 N–H and O–H groups in total. The summed E-state index contributed by atoms with van der Waals surface area (Å²) in [5.74, 6) is 2.33. The van der Waals surface area contributed by atoms with E-state index in [0.717, 1.165) is 64.0 Å². The monoisotopic (exact) mass is 474 g/mol. The van der Waals surface area contributed by atoms with Gasteiger partial charge in [-0.2, -0.15) is 8.75 Å². The average molecular weight is 475 g/mol. The van der Waals surface area contributed by atoms with E-state index in [0.29, 0.717) is 0 Å². The van der Waals surface area contributed by atoms with Crippen molar-refractivity contribution in [3.05, 3.63) is 48.5 Å². The Bertz CT molecular complexity index is 1010. The van der Waals surface area contributed by atoms with Gasteiger partial charge in [0, 0.05) is 63.1 Å². The number of piperazine rings is 2. The van der Waals surface area contributed by atoms with E-state index in [1.165, 1.54) is 20.2 Å². The molecule has 4 aromatic rings. The third-order valence-electron chi connectivity index (χ3n) is 5.55. The van der Waals surface area contributed by atoms with Gasteiger partial charge in [0.15, 0.2) is 0 Å². The Balaban J connectivity index is 0.000000144. The van der Waals surface area contributed by atoms with Crippen LogP contribution in [0, 0.1) is 0 Å². The predicted molar refractivity (Wildman–Crippen MR) is 137 cm³/mol. The molecule has 0 bridgehead atoms. The molecule has 0 saturated carbocycles. The molecule has 0 radical (unpaired) electrons. The summed E-state index contributed by atoms with van der Waals surface area (Å²) in [5.41, 5.74) is 0. The second kappa shape index (κ2) is 10.6. The fourth-order valence-corrected chi connectivity index (χ4v) is 5.55. The Morgan fingerprint density at radius 3 is 1.42 bits per heavy atom. The standard InChI is InChI=1S/2C11H13N3S.ClH/c2*1-2-4-10-9(3-1)11(13-15-10)14-7-5-12-6-8-14;/h2*1-4,12H,5-8H2;1H. The van der Waals surface area contributed by atoms with Crippen LogP contribution in [0.2, 0.25) is 0 Å². The zero-order valence-electron chi connectivity index (χ0n) is 17.3. The summed E-state index contributed by atoms with van der Waals surface area (Å²) >= 11 is 3.19. The van der Waals surface area contributed by atoms with Crippen molar-refractivity contribution in [3.63, 3.8) is 0 Å². The van der Waals surface area contributed by atoms with Crippen LogP contribution in [0.5, 0.6) is 0 Å². The van der Waals surface area contributed by atoms with Crippen molar-refractivity contribution in [2.45, 2.75) is 0 Å². The highest BCUT2D eigenvalue weighted by Crippen LogP contribution is 2.30. The highest BCUT2D eigenvalue weighted by molar-refractivity contribution is 7.14. The van der Waals surface area contributed by atoms with Crippen LogP contribution in [-0.2, 0) is 0 Å². The van der Waals surface area contributed by atoms with Gasteiger partial charge in [-0.3, -0.25) is 0 Å². The van der Waals surface area contributed by atoms with Crippen LogP contribution in [0.1, 0.15) is 0 Å². The van der Waals surface area contributed by atoms with Crippen molar-refractivity contribution in [2.75, 3.05) is 62.2 Å². The van der Waals surface area contributed by atoms with E-state index in [4.69, 9.17) is 0 Å². The highest BCUT2D eigenvalue weighted by atomic mass is 35.5. The van der Waals surface area contributed by atoms with Gasteiger partial charge < -0.3 is 20.4 Å². The van der Waals surface area contributed by atoms with Crippen LogP contribution in [0.3, 0.4) is 0 Å². The number of anilines is 2. The fraction of sp³-hybridized carbons (Fsp3) is 0.364. The van der Waals surface area contributed by atoms with Gasteiger partial charge in [0.05, 0.1) is 9.40 Å². The molecule has 2 saturated heterocycles. The molecule has 0 spiro atoms. The van der Waals surface area contributed by atoms with Gasteiger partial charge in [-0.15, -0.1) is 12.4 Å². The van der Waals surface area contributed by atoms with Gasteiger partial charge in [-0.25, -0.2) is 0 Å². The predicted octanol–water partition coefficient (Wildman–Crippen LogP) is 3.83. The van der Waals surface area contributed by atoms with E-state index >= 15 is 0 Å². The molecule has 2 aromatic heterocycles. The quantitative estimate of drug-likeness (QED) is 0.460. The Kier molecular flexibility index (Phi) is 7.58. The second-order valence-corrected chi connectivity index (χ2v) is 9.09. The molecule has 164 valence electrons. The minimum atomic E-state index is 0. The molecular formula is C22H27ClN6S2. The van der Waals surface area contributed by atoms with E-state index in [1.54, 1.807) is 23.1 Å². The number of rotatable bonds is 2. The van der Waals surface area contributed by atoms with Crippen LogP contribution in [0.25, 0.3) is 20.2 Å². The van der Waals surface area contributed by atoms with Gasteiger partial charge in [0.1, 0.15) is 11.6 Å². The molecule has 6 nitrogen and oxygen atoms in total. The highest BCUT2D eigenvalue weighted by Gasteiger charge is 2.16. The minimum absolute atomic E-state index is 0. The van der Waals surface area contributed by atoms with Crippen molar-refractivity contribution in [2.24, 2.45) is 0 Å². The Morgan fingerprint density at radius 1 is 0.613 bits per heavy atom. The van der Waals surface area contributed by atoms with Crippen LogP contribution >= 0.6 is 35.5 Å². The number of nitrogens with zero attached hydrogens (tertiary/aromatic N) is 4. The number of benzene rings is 2. The van der Waals surface area contributed by atoms with Crippen molar-refractivity contribution in [3.8, 4) is 0 Å². The third-order valence-corrected chi connectivity index (χ3v) is 7.18. The smallest absolute Gasteiger partial charge is 0.150 e. The Morgan fingerprint density at radius 2 is 1.00 bits per heavy atom. The largest absolute Gasteiger partial charge is 0.353 e. The molecule has 0 unspecified atom stereocenters. The number of fused-ring (bicyclic) bond motifs is 2. The SMILES string of the molecule is Cl.c1ccc2c(N3CCNCC3)nsc2c1.c1ccc2c(N3CCNCC3)nsc2c1. The van der Waals surface area contributed by atoms with Crippen molar-refractivity contribution < 1.29 is 0 Å². The molecule has 9 heteroatoms. The third kappa shape index (κ3) is 4.94. The number of aromatic nitrogens is 2. The first kappa shape index (κ1) is 22.2. The Hall–Kier alpha value is -1.97. The van der Waals surface area contributed by atoms with Crippen LogP contribution < -0.4 is 20.4 Å². The molecule has 4 heterocycles. The summed E-state index contributed by atoms with van der Waals surface area (Å²) in [6.07, 6.45) is 0. The van der Waals surface area contributed by atoms with E-state index < -0.39 is 0 Å². The van der Waals surface area contributed by atoms with Crippen molar-refractivity contribution in [1.82, 2.24) is 19.4 Å². The van der Waals surface area contributed by atoms with Gasteiger partial charge in [0.25, 0.3) is 0 Å². The fourth-order valence-electron chi connectivity index (χ4n) is 3.95. The summed E-state index contributed by atoms with van der Waals surface area (Å²) in [5, 5.41) is 9.31. The molecule has 0 aliphatic carbocycles. The zero-order chi connectivity index (χ0) is 20.2. The molecule has 2 aliphatic rings. The molecule has 31 heavy (non-hydrogen) atoms. The first-order chi connectivity index (χ1) is 14.9. The maximum Gasteiger partial charge on any atom is 0.150 e. The first-order valence-electron chi connectivity index (χ1n) is 10.5. The first-order valence-corrected chi connectivity index (χ1v) is 12.0. The lowest BCUT2D eigenvalue weighted by atomic mass is 10.2. The van der Waals surface area contributed by atoms with E-state index in [9.17, 15) is 0 Å². The molecule has 2 fully saturated rings. The molecule has 2 aliphatic heterocycles. The van der Waals surface area contributed by atoms with E-state index in [1.807, 2.05) is 0 Å². The summed E-state index contributed by atoms with van der Waals surface area (Å²) in [7, 11) is 0. The Labute approximate surface area is 197 Å². The average Bonchev–Trinajstić information content (AvgIpc) is 3.45. The number of nitrogens with one attached hydrogen (secondary N) is 2. The summed E-state index contributed by atoms with van der Waals surface area (Å²) in [6.45, 7) is 8.50. The maximum atomic E-state index is 4.56. The summed E-state index contributed by atoms with van der Waals surface area (Å²) < 4.78 is 11.7. The van der Waals surface area contributed by atoms with Crippen LogP contribution in [0.15, 0.2) is 48.5 Å². The topological polar surface area (TPSA) is 56.3 Å². The zero-order valence-corrected chi connectivity index (χ0v) is 19.7. The normalized spacial score (nSPS) is 16.6. The van der Waals surface area contributed by atoms with E-state index in [-0.39, 0.29) is 12.4 Å². The second-order valence-electron chi connectivity index (χ2n) is 7.48. The van der Waals surface area contributed by atoms with Crippen LogP contribution in [0.4, 0.5) is 11.6 Å². The molecular weight excluding hydrogens is 448 g/mol. The van der Waals surface area contributed by atoms with E-state index in [2.05, 4.69) is 77.7 Å². The molecule has 0 atom stereocenters. The maximum absolute atomic E-state index is 4.56. The summed E-state index contributed by atoms with van der Waals surface area (Å²) in [6, 6.07) is 16.9. The number of hydrogen-bond acceptors (Lipinski definition) is 8. The molecule has 6 rings (SSSR count). The van der Waals surface area contributed by atoms with Gasteiger partial charge in [-0.1, -0.05) is 24.3 Å².